The SMILES string of the molecule is CSC12Cc3ccccc3C(CN(C)C1)C2. The first-order valence-corrected chi connectivity index (χ1v) is 7.26. The summed E-state index contributed by atoms with van der Waals surface area (Å²) in [4.78, 5) is 2.51. The second-order valence-electron chi connectivity index (χ2n) is 5.36. The zero-order chi connectivity index (χ0) is 11.2. The maximum Gasteiger partial charge on any atom is 0.0330 e. The minimum absolute atomic E-state index is 0.478. The zero-order valence-electron chi connectivity index (χ0n) is 10.1. The van der Waals surface area contributed by atoms with Crippen molar-refractivity contribution in [2.75, 3.05) is 26.4 Å². The monoisotopic (exact) mass is 233 g/mol. The molecule has 2 aliphatic rings. The van der Waals surface area contributed by atoms with Crippen LogP contribution >= 0.6 is 11.8 Å². The molecule has 0 saturated carbocycles. The minimum Gasteiger partial charge on any atom is -0.304 e. The summed E-state index contributed by atoms with van der Waals surface area (Å²) in [5, 5.41) is 0. The lowest BCUT2D eigenvalue weighted by molar-refractivity contribution is 0.196. The summed E-state index contributed by atoms with van der Waals surface area (Å²) in [5.74, 6) is 0.760. The van der Waals surface area contributed by atoms with Gasteiger partial charge in [0.2, 0.25) is 0 Å². The van der Waals surface area contributed by atoms with Crippen molar-refractivity contribution < 1.29 is 0 Å². The topological polar surface area (TPSA) is 3.24 Å². The second-order valence-corrected chi connectivity index (χ2v) is 6.63. The van der Waals surface area contributed by atoms with Crippen LogP contribution in [0.5, 0.6) is 0 Å². The molecular weight excluding hydrogens is 214 g/mol. The van der Waals surface area contributed by atoms with Gasteiger partial charge in [0.15, 0.2) is 0 Å². The van der Waals surface area contributed by atoms with Crippen molar-refractivity contribution in [1.82, 2.24) is 4.90 Å². The largest absolute Gasteiger partial charge is 0.304 e. The van der Waals surface area contributed by atoms with E-state index >= 15 is 0 Å². The molecule has 1 aromatic rings. The average molecular weight is 233 g/mol. The first kappa shape index (κ1) is 10.7. The highest BCUT2D eigenvalue weighted by Gasteiger charge is 2.43. The Balaban J connectivity index is 2.05. The highest BCUT2D eigenvalue weighted by molar-refractivity contribution is 8.00. The predicted octanol–water partition coefficient (Wildman–Crippen LogP) is 2.76. The van der Waals surface area contributed by atoms with Crippen LogP contribution in [-0.2, 0) is 6.42 Å². The van der Waals surface area contributed by atoms with Crippen LogP contribution in [0, 0.1) is 0 Å². The summed E-state index contributed by atoms with van der Waals surface area (Å²) < 4.78 is 0.478. The zero-order valence-corrected chi connectivity index (χ0v) is 10.9. The molecule has 0 aromatic heterocycles. The van der Waals surface area contributed by atoms with Crippen molar-refractivity contribution in [2.45, 2.75) is 23.5 Å². The van der Waals surface area contributed by atoms with Crippen molar-refractivity contribution >= 4 is 11.8 Å². The van der Waals surface area contributed by atoms with Crippen LogP contribution in [0.3, 0.4) is 0 Å². The third-order valence-electron chi connectivity index (χ3n) is 4.15. The molecule has 1 saturated heterocycles. The third kappa shape index (κ3) is 1.59. The van der Waals surface area contributed by atoms with Gasteiger partial charge in [-0.2, -0.15) is 11.8 Å². The molecular formula is C14H19NS. The van der Waals surface area contributed by atoms with Crippen molar-refractivity contribution in [2.24, 2.45) is 0 Å². The van der Waals surface area contributed by atoms with Crippen LogP contribution in [0.15, 0.2) is 24.3 Å². The fourth-order valence-electron chi connectivity index (χ4n) is 3.51. The fourth-order valence-corrected chi connectivity index (χ4v) is 4.52. The number of likely N-dealkylation sites (tertiary alicyclic amines) is 1. The highest BCUT2D eigenvalue weighted by atomic mass is 32.2. The summed E-state index contributed by atoms with van der Waals surface area (Å²) in [6.45, 7) is 2.48. The molecule has 1 aliphatic carbocycles. The number of thioether (sulfide) groups is 1. The molecule has 2 unspecified atom stereocenters. The molecule has 3 rings (SSSR count). The lowest BCUT2D eigenvalue weighted by Crippen LogP contribution is -2.51. The van der Waals surface area contributed by atoms with Gasteiger partial charge in [-0.15, -0.1) is 0 Å². The van der Waals surface area contributed by atoms with Crippen LogP contribution in [0.2, 0.25) is 0 Å². The molecule has 0 spiro atoms. The van der Waals surface area contributed by atoms with Gasteiger partial charge in [0.1, 0.15) is 0 Å². The molecule has 16 heavy (non-hydrogen) atoms. The molecule has 1 fully saturated rings. The molecule has 0 amide bonds. The van der Waals surface area contributed by atoms with Gasteiger partial charge in [-0.1, -0.05) is 24.3 Å². The van der Waals surface area contributed by atoms with Gasteiger partial charge < -0.3 is 4.90 Å². The van der Waals surface area contributed by atoms with Crippen molar-refractivity contribution in [1.29, 1.82) is 0 Å². The maximum atomic E-state index is 2.51. The Morgan fingerprint density at radius 3 is 3.00 bits per heavy atom. The smallest absolute Gasteiger partial charge is 0.0330 e. The van der Waals surface area contributed by atoms with E-state index in [2.05, 4.69) is 54.2 Å². The van der Waals surface area contributed by atoms with E-state index in [0.717, 1.165) is 5.92 Å². The van der Waals surface area contributed by atoms with E-state index in [4.69, 9.17) is 0 Å². The number of hydrogen-bond donors (Lipinski definition) is 0. The molecule has 1 aromatic carbocycles. The standard InChI is InChI=1S/C14H19NS/c1-15-9-12-8-14(10-15,16-2)7-11-5-3-4-6-13(11)12/h3-6,12H,7-10H2,1-2H3. The Kier molecular flexibility index (Phi) is 2.52. The Morgan fingerprint density at radius 1 is 1.38 bits per heavy atom. The molecule has 2 heteroatoms. The Morgan fingerprint density at radius 2 is 2.19 bits per heavy atom. The molecule has 2 atom stereocenters. The number of benzene rings is 1. The summed E-state index contributed by atoms with van der Waals surface area (Å²) in [7, 11) is 2.27. The number of hydrogen-bond acceptors (Lipinski definition) is 2. The van der Waals surface area contributed by atoms with Gasteiger partial charge in [-0.05, 0) is 43.2 Å². The first-order chi connectivity index (χ1) is 7.72. The number of likely N-dealkylation sites (N-methyl/N-ethyl adjacent to an activating group) is 1. The first-order valence-electron chi connectivity index (χ1n) is 6.04. The minimum atomic E-state index is 0.478. The van der Waals surface area contributed by atoms with Gasteiger partial charge in [0.05, 0.1) is 0 Å². The van der Waals surface area contributed by atoms with Crippen molar-refractivity contribution in [3.05, 3.63) is 35.4 Å². The quantitative estimate of drug-likeness (QED) is 0.734. The lowest BCUT2D eigenvalue weighted by Gasteiger charge is -2.48. The molecule has 86 valence electrons. The van der Waals surface area contributed by atoms with E-state index in [0.29, 0.717) is 4.75 Å². The molecule has 1 aliphatic heterocycles. The fraction of sp³-hybridized carbons (Fsp3) is 0.571. The summed E-state index contributed by atoms with van der Waals surface area (Å²) >= 11 is 2.07. The number of fused-ring (bicyclic) bond motifs is 4. The van der Waals surface area contributed by atoms with Gasteiger partial charge in [0, 0.05) is 17.8 Å². The van der Waals surface area contributed by atoms with Crippen LogP contribution in [-0.4, -0.2) is 36.0 Å². The van der Waals surface area contributed by atoms with Gasteiger partial charge in [-0.25, -0.2) is 0 Å². The maximum absolute atomic E-state index is 2.51. The number of rotatable bonds is 1. The molecule has 2 bridgehead atoms. The van der Waals surface area contributed by atoms with Crippen molar-refractivity contribution in [3.8, 4) is 0 Å². The van der Waals surface area contributed by atoms with E-state index in [-0.39, 0.29) is 0 Å². The Hall–Kier alpha value is -0.470. The lowest BCUT2D eigenvalue weighted by atomic mass is 9.73. The van der Waals surface area contributed by atoms with E-state index < -0.39 is 0 Å². The third-order valence-corrected chi connectivity index (χ3v) is 5.46. The van der Waals surface area contributed by atoms with Gasteiger partial charge in [0.25, 0.3) is 0 Å². The molecule has 0 radical (unpaired) electrons. The molecule has 1 heterocycles. The van der Waals surface area contributed by atoms with Crippen LogP contribution in [0.4, 0.5) is 0 Å². The summed E-state index contributed by atoms with van der Waals surface area (Å²) in [5.41, 5.74) is 3.21. The summed E-state index contributed by atoms with van der Waals surface area (Å²) in [6, 6.07) is 9.05. The van der Waals surface area contributed by atoms with E-state index in [1.807, 2.05) is 0 Å². The predicted molar refractivity (Wildman–Crippen MR) is 71.2 cm³/mol. The van der Waals surface area contributed by atoms with Crippen LogP contribution < -0.4 is 0 Å². The molecule has 0 N–H and O–H groups in total. The van der Waals surface area contributed by atoms with E-state index in [1.54, 1.807) is 11.1 Å². The van der Waals surface area contributed by atoms with Crippen LogP contribution in [0.25, 0.3) is 0 Å². The highest BCUT2D eigenvalue weighted by Crippen LogP contribution is 2.47. The normalized spacial score (nSPS) is 33.5. The van der Waals surface area contributed by atoms with E-state index in [9.17, 15) is 0 Å². The Bertz CT molecular complexity index is 403. The van der Waals surface area contributed by atoms with Gasteiger partial charge >= 0.3 is 0 Å². The van der Waals surface area contributed by atoms with Gasteiger partial charge in [-0.3, -0.25) is 0 Å². The summed E-state index contributed by atoms with van der Waals surface area (Å²) in [6.07, 6.45) is 4.91. The van der Waals surface area contributed by atoms with Crippen LogP contribution in [0.1, 0.15) is 23.5 Å². The number of piperidine rings is 1. The Labute approximate surface area is 102 Å². The van der Waals surface area contributed by atoms with E-state index in [1.165, 1.54) is 25.9 Å². The average Bonchev–Trinajstić information content (AvgIpc) is 2.28. The number of nitrogens with zero attached hydrogens (tertiary/aromatic N) is 1. The second kappa shape index (κ2) is 3.78. The van der Waals surface area contributed by atoms with Crippen molar-refractivity contribution in [3.63, 3.8) is 0 Å². The molecule has 1 nitrogen and oxygen atoms in total.